The van der Waals surface area contributed by atoms with Crippen molar-refractivity contribution in [2.75, 3.05) is 19.8 Å². The summed E-state index contributed by atoms with van der Waals surface area (Å²) in [5, 5.41) is 12.3. The van der Waals surface area contributed by atoms with E-state index in [0.29, 0.717) is 12.5 Å². The Labute approximate surface area is 109 Å². The van der Waals surface area contributed by atoms with Gasteiger partial charge in [-0.3, -0.25) is 4.79 Å². The van der Waals surface area contributed by atoms with Gasteiger partial charge in [0.2, 0.25) is 5.91 Å². The van der Waals surface area contributed by atoms with Gasteiger partial charge in [-0.2, -0.15) is 5.26 Å². The normalized spacial score (nSPS) is 27.2. The highest BCUT2D eigenvalue weighted by Crippen LogP contribution is 2.35. The Morgan fingerprint density at radius 2 is 2.11 bits per heavy atom. The molecule has 1 N–H and O–H groups in total. The van der Waals surface area contributed by atoms with E-state index in [2.05, 4.69) is 11.4 Å². The van der Waals surface area contributed by atoms with Crippen LogP contribution in [0, 0.1) is 22.7 Å². The summed E-state index contributed by atoms with van der Waals surface area (Å²) < 4.78 is 5.40. The molecule has 2 rings (SSSR count). The van der Waals surface area contributed by atoms with Gasteiger partial charge in [0.15, 0.2) is 0 Å². The van der Waals surface area contributed by atoms with Crippen molar-refractivity contribution in [1.29, 1.82) is 5.26 Å². The molecule has 4 nitrogen and oxygen atoms in total. The molecule has 1 heterocycles. The maximum Gasteiger partial charge on any atom is 0.240 e. The monoisotopic (exact) mass is 250 g/mol. The van der Waals surface area contributed by atoms with E-state index in [1.165, 1.54) is 0 Å². The largest absolute Gasteiger partial charge is 0.381 e. The molecule has 2 aliphatic rings. The van der Waals surface area contributed by atoms with Gasteiger partial charge in [0.25, 0.3) is 0 Å². The van der Waals surface area contributed by atoms with Crippen LogP contribution in [0.1, 0.15) is 44.9 Å². The predicted octanol–water partition coefficient (Wildman–Crippen LogP) is 2.00. The first kappa shape index (κ1) is 13.4. The van der Waals surface area contributed by atoms with E-state index >= 15 is 0 Å². The second kappa shape index (κ2) is 6.19. The van der Waals surface area contributed by atoms with Crippen LogP contribution in [0.25, 0.3) is 0 Å². The summed E-state index contributed by atoms with van der Waals surface area (Å²) in [5.74, 6) is 0.359. The third-order valence-corrected chi connectivity index (χ3v) is 4.16. The maximum absolute atomic E-state index is 12.2. The van der Waals surface area contributed by atoms with Crippen LogP contribution >= 0.6 is 0 Å². The van der Waals surface area contributed by atoms with E-state index in [4.69, 9.17) is 4.74 Å². The molecule has 1 amide bonds. The van der Waals surface area contributed by atoms with Gasteiger partial charge in [-0.1, -0.05) is 19.3 Å². The molecule has 4 heteroatoms. The van der Waals surface area contributed by atoms with Gasteiger partial charge in [-0.25, -0.2) is 0 Å². The Balaban J connectivity index is 1.84. The molecule has 0 radical (unpaired) electrons. The molecular formula is C14H22N2O2. The van der Waals surface area contributed by atoms with Crippen LogP contribution in [-0.2, 0) is 9.53 Å². The lowest BCUT2D eigenvalue weighted by molar-refractivity contribution is -0.130. The lowest BCUT2D eigenvalue weighted by Crippen LogP contribution is -2.44. The van der Waals surface area contributed by atoms with Crippen molar-refractivity contribution in [3.05, 3.63) is 0 Å². The van der Waals surface area contributed by atoms with E-state index in [-0.39, 0.29) is 5.91 Å². The van der Waals surface area contributed by atoms with Crippen molar-refractivity contribution >= 4 is 5.91 Å². The quantitative estimate of drug-likeness (QED) is 0.833. The van der Waals surface area contributed by atoms with Crippen LogP contribution in [0.15, 0.2) is 0 Å². The van der Waals surface area contributed by atoms with Gasteiger partial charge in [0, 0.05) is 13.2 Å². The second-order valence-corrected chi connectivity index (χ2v) is 5.55. The average Bonchev–Trinajstić information content (AvgIpc) is 2.46. The Morgan fingerprint density at radius 3 is 2.72 bits per heavy atom. The predicted molar refractivity (Wildman–Crippen MR) is 67.7 cm³/mol. The third-order valence-electron chi connectivity index (χ3n) is 4.16. The summed E-state index contributed by atoms with van der Waals surface area (Å²) in [5.41, 5.74) is -0.756. The fourth-order valence-corrected chi connectivity index (χ4v) is 2.92. The standard InChI is InChI=1S/C14H22N2O2/c15-11-14(6-2-1-3-7-14)13(17)16-9-12-5-4-8-18-10-12/h12H,1-10H2,(H,16,17). The number of amides is 1. The van der Waals surface area contributed by atoms with Gasteiger partial charge in [-0.05, 0) is 31.6 Å². The van der Waals surface area contributed by atoms with Crippen molar-refractivity contribution in [3.63, 3.8) is 0 Å². The molecule has 0 bridgehead atoms. The summed E-state index contributed by atoms with van der Waals surface area (Å²) in [6.07, 6.45) is 6.75. The first-order valence-electron chi connectivity index (χ1n) is 7.04. The fraction of sp³-hybridized carbons (Fsp3) is 0.857. The zero-order valence-electron chi connectivity index (χ0n) is 10.9. The first-order chi connectivity index (χ1) is 8.77. The van der Waals surface area contributed by atoms with Gasteiger partial charge in [0.1, 0.15) is 5.41 Å². The van der Waals surface area contributed by atoms with Crippen molar-refractivity contribution in [2.24, 2.45) is 11.3 Å². The lowest BCUT2D eigenvalue weighted by atomic mass is 9.74. The van der Waals surface area contributed by atoms with Crippen LogP contribution in [0.2, 0.25) is 0 Å². The number of nitriles is 1. The minimum absolute atomic E-state index is 0.0599. The topological polar surface area (TPSA) is 62.1 Å². The zero-order valence-corrected chi connectivity index (χ0v) is 10.9. The summed E-state index contributed by atoms with van der Waals surface area (Å²) in [6, 6.07) is 2.26. The molecule has 2 fully saturated rings. The molecule has 0 aromatic carbocycles. The third kappa shape index (κ3) is 3.02. The Bertz CT molecular complexity index is 323. The fourth-order valence-electron chi connectivity index (χ4n) is 2.92. The number of rotatable bonds is 3. The molecule has 1 unspecified atom stereocenters. The molecule has 1 aliphatic heterocycles. The van der Waals surface area contributed by atoms with E-state index < -0.39 is 5.41 Å². The number of ether oxygens (including phenoxy) is 1. The smallest absolute Gasteiger partial charge is 0.240 e. The van der Waals surface area contributed by atoms with Crippen molar-refractivity contribution < 1.29 is 9.53 Å². The van der Waals surface area contributed by atoms with Gasteiger partial charge >= 0.3 is 0 Å². The highest BCUT2D eigenvalue weighted by Gasteiger charge is 2.39. The SMILES string of the molecule is N#CC1(C(=O)NCC2CCCOC2)CCCCC1. The van der Waals surface area contributed by atoms with Crippen molar-refractivity contribution in [3.8, 4) is 6.07 Å². The second-order valence-electron chi connectivity index (χ2n) is 5.55. The Morgan fingerprint density at radius 1 is 1.33 bits per heavy atom. The first-order valence-corrected chi connectivity index (χ1v) is 7.04. The number of carbonyl (C=O) groups is 1. The number of hydrogen-bond donors (Lipinski definition) is 1. The Hall–Kier alpha value is -1.08. The molecule has 100 valence electrons. The molecule has 1 saturated heterocycles. The average molecular weight is 250 g/mol. The summed E-state index contributed by atoms with van der Waals surface area (Å²) in [6.45, 7) is 2.23. The van der Waals surface area contributed by atoms with Crippen LogP contribution in [-0.4, -0.2) is 25.7 Å². The van der Waals surface area contributed by atoms with Crippen LogP contribution < -0.4 is 5.32 Å². The summed E-state index contributed by atoms with van der Waals surface area (Å²) >= 11 is 0. The van der Waals surface area contributed by atoms with Crippen molar-refractivity contribution in [1.82, 2.24) is 5.32 Å². The molecule has 0 spiro atoms. The number of carbonyl (C=O) groups excluding carboxylic acids is 1. The minimum atomic E-state index is -0.756. The molecule has 1 aliphatic carbocycles. The zero-order chi connectivity index (χ0) is 12.8. The summed E-state index contributed by atoms with van der Waals surface area (Å²) in [7, 11) is 0. The highest BCUT2D eigenvalue weighted by atomic mass is 16.5. The molecule has 18 heavy (non-hydrogen) atoms. The molecule has 1 saturated carbocycles. The molecule has 0 aromatic heterocycles. The molecule has 1 atom stereocenters. The van der Waals surface area contributed by atoms with Crippen LogP contribution in [0.5, 0.6) is 0 Å². The number of hydrogen-bond acceptors (Lipinski definition) is 3. The number of nitrogens with zero attached hydrogens (tertiary/aromatic N) is 1. The Kier molecular flexibility index (Phi) is 4.60. The van der Waals surface area contributed by atoms with E-state index in [0.717, 1.165) is 58.2 Å². The molecule has 0 aromatic rings. The van der Waals surface area contributed by atoms with Gasteiger partial charge in [0.05, 0.1) is 12.7 Å². The summed E-state index contributed by atoms with van der Waals surface area (Å²) in [4.78, 5) is 12.2. The number of nitrogens with one attached hydrogen (secondary N) is 1. The molecular weight excluding hydrogens is 228 g/mol. The lowest BCUT2D eigenvalue weighted by Gasteiger charge is -2.30. The van der Waals surface area contributed by atoms with E-state index in [1.807, 2.05) is 0 Å². The van der Waals surface area contributed by atoms with Gasteiger partial charge < -0.3 is 10.1 Å². The highest BCUT2D eigenvalue weighted by molar-refractivity contribution is 5.85. The van der Waals surface area contributed by atoms with E-state index in [1.54, 1.807) is 0 Å². The minimum Gasteiger partial charge on any atom is -0.381 e. The van der Waals surface area contributed by atoms with Crippen LogP contribution in [0.4, 0.5) is 0 Å². The van der Waals surface area contributed by atoms with Crippen LogP contribution in [0.3, 0.4) is 0 Å². The van der Waals surface area contributed by atoms with Gasteiger partial charge in [-0.15, -0.1) is 0 Å². The van der Waals surface area contributed by atoms with E-state index in [9.17, 15) is 10.1 Å². The maximum atomic E-state index is 12.2. The van der Waals surface area contributed by atoms with Crippen molar-refractivity contribution in [2.45, 2.75) is 44.9 Å².